The number of aryl methyl sites for hydroxylation is 1. The van der Waals surface area contributed by atoms with Crippen molar-refractivity contribution in [2.75, 3.05) is 12.3 Å². The monoisotopic (exact) mass is 289 g/mol. The molecule has 0 saturated heterocycles. The molecule has 0 bridgehead atoms. The van der Waals surface area contributed by atoms with E-state index < -0.39 is 0 Å². The molecule has 0 spiro atoms. The predicted octanol–water partition coefficient (Wildman–Crippen LogP) is 2.62. The number of benzene rings is 1. The third-order valence-electron chi connectivity index (χ3n) is 3.41. The number of rotatable bonds is 4. The standard InChI is InChI=1S/C15H19N3OS/c1-3-16-15(11-8-17-18(2)9-11)13-10-20-14-7-5-4-6-12(14)19-13/h4-9,13,15-16H,3,10H2,1-2H3. The van der Waals surface area contributed by atoms with E-state index in [9.17, 15) is 0 Å². The molecule has 4 nitrogen and oxygen atoms in total. The van der Waals surface area contributed by atoms with E-state index in [-0.39, 0.29) is 12.1 Å². The van der Waals surface area contributed by atoms with Crippen LogP contribution >= 0.6 is 11.8 Å². The van der Waals surface area contributed by atoms with Crippen molar-refractivity contribution in [1.82, 2.24) is 15.1 Å². The summed E-state index contributed by atoms with van der Waals surface area (Å²) in [5.74, 6) is 1.93. The predicted molar refractivity (Wildman–Crippen MR) is 81.2 cm³/mol. The van der Waals surface area contributed by atoms with Gasteiger partial charge >= 0.3 is 0 Å². The maximum atomic E-state index is 6.19. The fourth-order valence-corrected chi connectivity index (χ4v) is 3.52. The lowest BCUT2D eigenvalue weighted by Gasteiger charge is -2.31. The van der Waals surface area contributed by atoms with Crippen LogP contribution in [0.3, 0.4) is 0 Å². The Bertz CT molecular complexity index is 584. The van der Waals surface area contributed by atoms with Crippen molar-refractivity contribution in [3.63, 3.8) is 0 Å². The Labute approximate surface area is 123 Å². The van der Waals surface area contributed by atoms with Gasteiger partial charge in [-0.25, -0.2) is 0 Å². The summed E-state index contributed by atoms with van der Waals surface area (Å²) in [6.45, 7) is 3.03. The van der Waals surface area contributed by atoms with Crippen molar-refractivity contribution in [3.8, 4) is 5.75 Å². The van der Waals surface area contributed by atoms with Gasteiger partial charge in [0.25, 0.3) is 0 Å². The molecular weight excluding hydrogens is 270 g/mol. The number of nitrogens with zero attached hydrogens (tertiary/aromatic N) is 2. The summed E-state index contributed by atoms with van der Waals surface area (Å²) in [5, 5.41) is 7.79. The summed E-state index contributed by atoms with van der Waals surface area (Å²) in [6.07, 6.45) is 4.10. The Kier molecular flexibility index (Phi) is 3.98. The molecule has 1 aromatic heterocycles. The van der Waals surface area contributed by atoms with Crippen LogP contribution in [0.25, 0.3) is 0 Å². The molecule has 1 N–H and O–H groups in total. The number of ether oxygens (including phenoxy) is 1. The summed E-state index contributed by atoms with van der Waals surface area (Å²) in [6, 6.07) is 8.41. The van der Waals surface area contributed by atoms with E-state index in [4.69, 9.17) is 4.74 Å². The third-order valence-corrected chi connectivity index (χ3v) is 4.55. The summed E-state index contributed by atoms with van der Waals surface area (Å²) < 4.78 is 8.03. The molecule has 1 aromatic carbocycles. The van der Waals surface area contributed by atoms with Gasteiger partial charge in [0, 0.05) is 29.5 Å². The molecule has 2 atom stereocenters. The summed E-state index contributed by atoms with van der Waals surface area (Å²) in [5.41, 5.74) is 1.18. The summed E-state index contributed by atoms with van der Waals surface area (Å²) in [4.78, 5) is 1.23. The number of likely N-dealkylation sites (N-methyl/N-ethyl adjacent to an activating group) is 1. The SMILES string of the molecule is CCNC(c1cnn(C)c1)C1CSc2ccccc2O1. The third kappa shape index (κ3) is 2.69. The highest BCUT2D eigenvalue weighted by Crippen LogP contribution is 2.38. The highest BCUT2D eigenvalue weighted by Gasteiger charge is 2.29. The first-order chi connectivity index (χ1) is 9.78. The van der Waals surface area contributed by atoms with Crippen LogP contribution in [0.1, 0.15) is 18.5 Å². The van der Waals surface area contributed by atoms with Crippen molar-refractivity contribution in [2.45, 2.75) is 24.0 Å². The molecular formula is C15H19N3OS. The molecule has 20 heavy (non-hydrogen) atoms. The average molecular weight is 289 g/mol. The first-order valence-electron chi connectivity index (χ1n) is 6.88. The van der Waals surface area contributed by atoms with Crippen LogP contribution in [-0.2, 0) is 7.05 Å². The molecule has 3 rings (SSSR count). The lowest BCUT2D eigenvalue weighted by Crippen LogP contribution is -2.38. The molecule has 106 valence electrons. The van der Waals surface area contributed by atoms with Crippen molar-refractivity contribution in [3.05, 3.63) is 42.2 Å². The number of hydrogen-bond acceptors (Lipinski definition) is 4. The van der Waals surface area contributed by atoms with Crippen LogP contribution in [0.15, 0.2) is 41.6 Å². The fourth-order valence-electron chi connectivity index (χ4n) is 2.48. The number of aromatic nitrogens is 2. The topological polar surface area (TPSA) is 39.1 Å². The van der Waals surface area contributed by atoms with Gasteiger partial charge in [0.1, 0.15) is 11.9 Å². The minimum Gasteiger partial charge on any atom is -0.486 e. The number of fused-ring (bicyclic) bond motifs is 1. The van der Waals surface area contributed by atoms with E-state index in [1.54, 1.807) is 0 Å². The van der Waals surface area contributed by atoms with Gasteiger partial charge in [-0.3, -0.25) is 4.68 Å². The maximum Gasteiger partial charge on any atom is 0.133 e. The van der Waals surface area contributed by atoms with Gasteiger partial charge in [-0.05, 0) is 18.7 Å². The Morgan fingerprint density at radius 3 is 3.10 bits per heavy atom. The second kappa shape index (κ2) is 5.89. The number of nitrogens with one attached hydrogen (secondary N) is 1. The second-order valence-corrected chi connectivity index (χ2v) is 5.96. The fraction of sp³-hybridized carbons (Fsp3) is 0.400. The van der Waals surface area contributed by atoms with Crippen molar-refractivity contribution >= 4 is 11.8 Å². The zero-order valence-corrected chi connectivity index (χ0v) is 12.6. The van der Waals surface area contributed by atoms with E-state index >= 15 is 0 Å². The van der Waals surface area contributed by atoms with Crippen molar-refractivity contribution in [2.24, 2.45) is 7.05 Å². The highest BCUT2D eigenvalue weighted by atomic mass is 32.2. The zero-order valence-electron chi connectivity index (χ0n) is 11.7. The molecule has 2 unspecified atom stereocenters. The minimum atomic E-state index is 0.124. The van der Waals surface area contributed by atoms with Crippen molar-refractivity contribution < 1.29 is 4.74 Å². The molecule has 1 aliphatic rings. The molecule has 0 radical (unpaired) electrons. The van der Waals surface area contributed by atoms with E-state index in [1.807, 2.05) is 41.8 Å². The molecule has 5 heteroatoms. The van der Waals surface area contributed by atoms with Gasteiger partial charge in [0.05, 0.1) is 12.2 Å². The van der Waals surface area contributed by atoms with Crippen LogP contribution in [0, 0.1) is 0 Å². The van der Waals surface area contributed by atoms with E-state index in [0.717, 1.165) is 18.0 Å². The smallest absolute Gasteiger partial charge is 0.133 e. The minimum absolute atomic E-state index is 0.124. The molecule has 1 aliphatic heterocycles. The van der Waals surface area contributed by atoms with Gasteiger partial charge in [-0.15, -0.1) is 11.8 Å². The molecule has 0 amide bonds. The summed E-state index contributed by atoms with van der Waals surface area (Å²) in [7, 11) is 1.94. The lowest BCUT2D eigenvalue weighted by molar-refractivity contribution is 0.167. The van der Waals surface area contributed by atoms with Gasteiger partial charge in [0.15, 0.2) is 0 Å². The van der Waals surface area contributed by atoms with E-state index in [2.05, 4.69) is 35.7 Å². The van der Waals surface area contributed by atoms with Gasteiger partial charge in [0.2, 0.25) is 0 Å². The van der Waals surface area contributed by atoms with Gasteiger partial charge < -0.3 is 10.1 Å². The van der Waals surface area contributed by atoms with Crippen LogP contribution < -0.4 is 10.1 Å². The van der Waals surface area contributed by atoms with Crippen LogP contribution in [-0.4, -0.2) is 28.2 Å². The number of para-hydroxylation sites is 1. The quantitative estimate of drug-likeness (QED) is 0.939. The maximum absolute atomic E-state index is 6.19. The molecule has 0 fully saturated rings. The van der Waals surface area contributed by atoms with E-state index in [0.29, 0.717) is 0 Å². The van der Waals surface area contributed by atoms with Crippen LogP contribution in [0.4, 0.5) is 0 Å². The van der Waals surface area contributed by atoms with Crippen LogP contribution in [0.5, 0.6) is 5.75 Å². The Hall–Kier alpha value is -1.46. The first-order valence-corrected chi connectivity index (χ1v) is 7.87. The number of hydrogen-bond donors (Lipinski definition) is 1. The normalized spacial score (nSPS) is 19.2. The second-order valence-electron chi connectivity index (χ2n) is 4.90. The molecule has 2 aromatic rings. The Morgan fingerprint density at radius 1 is 1.50 bits per heavy atom. The highest BCUT2D eigenvalue weighted by molar-refractivity contribution is 7.99. The number of thioether (sulfide) groups is 1. The largest absolute Gasteiger partial charge is 0.486 e. The average Bonchev–Trinajstić information content (AvgIpc) is 2.90. The van der Waals surface area contributed by atoms with Gasteiger partial charge in [-0.2, -0.15) is 5.10 Å². The summed E-state index contributed by atoms with van der Waals surface area (Å²) >= 11 is 1.86. The zero-order chi connectivity index (χ0) is 13.9. The molecule has 2 heterocycles. The Morgan fingerprint density at radius 2 is 2.35 bits per heavy atom. The van der Waals surface area contributed by atoms with E-state index in [1.165, 1.54) is 10.5 Å². The van der Waals surface area contributed by atoms with Crippen LogP contribution in [0.2, 0.25) is 0 Å². The molecule has 0 saturated carbocycles. The molecule has 0 aliphatic carbocycles. The lowest BCUT2D eigenvalue weighted by atomic mass is 10.1. The van der Waals surface area contributed by atoms with Gasteiger partial charge in [-0.1, -0.05) is 19.1 Å². The first kappa shape index (κ1) is 13.5. The Balaban J connectivity index is 1.83. The van der Waals surface area contributed by atoms with Crippen molar-refractivity contribution in [1.29, 1.82) is 0 Å².